The second-order valence-electron chi connectivity index (χ2n) is 4.16. The van der Waals surface area contributed by atoms with E-state index in [-0.39, 0.29) is 11.9 Å². The Bertz CT molecular complexity index is 415. The van der Waals surface area contributed by atoms with Crippen LogP contribution in [-0.2, 0) is 0 Å². The predicted molar refractivity (Wildman–Crippen MR) is 70.2 cm³/mol. The molecule has 0 aliphatic heterocycles. The fraction of sp³-hybridized carbons (Fsp3) is 0.467. The van der Waals surface area contributed by atoms with E-state index < -0.39 is 0 Å². The second kappa shape index (κ2) is 7.09. The van der Waals surface area contributed by atoms with Crippen LogP contribution in [-0.4, -0.2) is 6.54 Å². The van der Waals surface area contributed by atoms with Crippen LogP contribution in [0.1, 0.15) is 43.9 Å². The van der Waals surface area contributed by atoms with Crippen molar-refractivity contribution in [2.24, 2.45) is 0 Å². The fourth-order valence-corrected chi connectivity index (χ4v) is 1.73. The minimum Gasteiger partial charge on any atom is -0.309 e. The maximum absolute atomic E-state index is 13.9. The monoisotopic (exact) mass is 233 g/mol. The van der Waals surface area contributed by atoms with Crippen LogP contribution in [0.15, 0.2) is 18.2 Å². The zero-order chi connectivity index (χ0) is 12.7. The topological polar surface area (TPSA) is 12.0 Å². The first-order valence-electron chi connectivity index (χ1n) is 6.08. The van der Waals surface area contributed by atoms with Crippen molar-refractivity contribution in [3.63, 3.8) is 0 Å². The Morgan fingerprint density at radius 2 is 2.18 bits per heavy atom. The average molecular weight is 233 g/mol. The lowest BCUT2D eigenvalue weighted by atomic mass is 10.0. The molecule has 17 heavy (non-hydrogen) atoms. The van der Waals surface area contributed by atoms with Gasteiger partial charge in [-0.05, 0) is 38.4 Å². The molecule has 1 unspecified atom stereocenters. The quantitative estimate of drug-likeness (QED) is 0.766. The Balaban J connectivity index is 2.89. The molecule has 0 saturated heterocycles. The highest BCUT2D eigenvalue weighted by atomic mass is 19.1. The Kier molecular flexibility index (Phi) is 5.72. The molecule has 1 atom stereocenters. The number of hydrogen-bond acceptors (Lipinski definition) is 1. The van der Waals surface area contributed by atoms with Crippen molar-refractivity contribution in [2.45, 2.75) is 39.7 Å². The zero-order valence-corrected chi connectivity index (χ0v) is 10.8. The van der Waals surface area contributed by atoms with Crippen molar-refractivity contribution in [2.75, 3.05) is 6.54 Å². The summed E-state index contributed by atoms with van der Waals surface area (Å²) in [6, 6.07) is 5.37. The zero-order valence-electron chi connectivity index (χ0n) is 10.8. The van der Waals surface area contributed by atoms with Gasteiger partial charge in [-0.15, -0.1) is 11.8 Å². The van der Waals surface area contributed by atoms with Gasteiger partial charge in [0.2, 0.25) is 0 Å². The van der Waals surface area contributed by atoms with Gasteiger partial charge in [0.25, 0.3) is 0 Å². The molecular weight excluding hydrogens is 213 g/mol. The highest BCUT2D eigenvalue weighted by molar-refractivity contribution is 5.27. The molecular formula is C15H20FN. The van der Waals surface area contributed by atoms with E-state index in [2.05, 4.69) is 24.1 Å². The Labute approximate surface area is 103 Å². The first-order valence-corrected chi connectivity index (χ1v) is 6.08. The van der Waals surface area contributed by atoms with Crippen molar-refractivity contribution in [1.82, 2.24) is 5.32 Å². The first-order chi connectivity index (χ1) is 8.19. The molecule has 1 rings (SSSR count). The van der Waals surface area contributed by atoms with Gasteiger partial charge >= 0.3 is 0 Å². The molecule has 0 aliphatic rings. The van der Waals surface area contributed by atoms with E-state index in [1.165, 1.54) is 0 Å². The van der Waals surface area contributed by atoms with Crippen LogP contribution >= 0.6 is 0 Å². The maximum atomic E-state index is 13.9. The molecule has 0 heterocycles. The van der Waals surface area contributed by atoms with E-state index in [0.29, 0.717) is 12.0 Å². The van der Waals surface area contributed by atoms with Gasteiger partial charge < -0.3 is 5.32 Å². The molecule has 0 radical (unpaired) electrons. The van der Waals surface area contributed by atoms with Gasteiger partial charge in [0.05, 0.1) is 0 Å². The van der Waals surface area contributed by atoms with E-state index >= 15 is 0 Å². The summed E-state index contributed by atoms with van der Waals surface area (Å²) in [7, 11) is 0. The van der Waals surface area contributed by atoms with Gasteiger partial charge in [0.1, 0.15) is 5.82 Å². The predicted octanol–water partition coefficient (Wildman–Crippen LogP) is 3.59. The van der Waals surface area contributed by atoms with Crippen LogP contribution in [0.25, 0.3) is 0 Å². The van der Waals surface area contributed by atoms with Crippen LogP contribution in [0.2, 0.25) is 0 Å². The summed E-state index contributed by atoms with van der Waals surface area (Å²) < 4.78 is 13.9. The van der Waals surface area contributed by atoms with Crippen LogP contribution in [0, 0.1) is 24.6 Å². The molecule has 0 aliphatic carbocycles. The minimum atomic E-state index is -0.142. The van der Waals surface area contributed by atoms with Crippen LogP contribution in [0.4, 0.5) is 4.39 Å². The standard InChI is InChI=1S/C15H20FN/c1-4-6-7-15(17-10-5-2)13-9-8-12(3)11-14(13)16/h8-9,11,15,17H,5,7,10H2,1-3H3. The Morgan fingerprint density at radius 1 is 1.41 bits per heavy atom. The molecule has 0 amide bonds. The lowest BCUT2D eigenvalue weighted by Crippen LogP contribution is -2.22. The molecule has 1 N–H and O–H groups in total. The lowest BCUT2D eigenvalue weighted by Gasteiger charge is -2.17. The fourth-order valence-electron chi connectivity index (χ4n) is 1.73. The number of hydrogen-bond donors (Lipinski definition) is 1. The number of halogens is 1. The van der Waals surface area contributed by atoms with Gasteiger partial charge in [-0.3, -0.25) is 0 Å². The van der Waals surface area contributed by atoms with E-state index in [0.717, 1.165) is 18.5 Å². The summed E-state index contributed by atoms with van der Waals surface area (Å²) in [5.74, 6) is 5.74. The van der Waals surface area contributed by atoms with Crippen molar-refractivity contribution in [3.05, 3.63) is 35.1 Å². The molecule has 92 valence electrons. The number of aryl methyl sites for hydroxylation is 1. The Hall–Kier alpha value is -1.33. The smallest absolute Gasteiger partial charge is 0.128 e. The second-order valence-corrected chi connectivity index (χ2v) is 4.16. The van der Waals surface area contributed by atoms with Gasteiger partial charge in [0, 0.05) is 18.0 Å². The molecule has 0 fully saturated rings. The summed E-state index contributed by atoms with van der Waals surface area (Å²) in [4.78, 5) is 0. The summed E-state index contributed by atoms with van der Waals surface area (Å²) >= 11 is 0. The number of nitrogens with one attached hydrogen (secondary N) is 1. The van der Waals surface area contributed by atoms with Gasteiger partial charge in [0.15, 0.2) is 0 Å². The van der Waals surface area contributed by atoms with Crippen LogP contribution in [0.3, 0.4) is 0 Å². The summed E-state index contributed by atoms with van der Waals surface area (Å²) in [6.07, 6.45) is 1.68. The molecule has 0 saturated carbocycles. The minimum absolute atomic E-state index is 0.0111. The summed E-state index contributed by atoms with van der Waals surface area (Å²) in [6.45, 7) is 6.68. The van der Waals surface area contributed by atoms with E-state index in [4.69, 9.17) is 0 Å². The van der Waals surface area contributed by atoms with E-state index in [1.54, 1.807) is 6.07 Å². The molecule has 0 spiro atoms. The summed E-state index contributed by atoms with van der Waals surface area (Å²) in [5.41, 5.74) is 1.66. The third kappa shape index (κ3) is 4.20. The normalized spacial score (nSPS) is 11.8. The molecule has 1 aromatic carbocycles. The third-order valence-corrected chi connectivity index (χ3v) is 2.66. The third-order valence-electron chi connectivity index (χ3n) is 2.66. The SMILES string of the molecule is CC#CCC(NCCC)c1ccc(C)cc1F. The lowest BCUT2D eigenvalue weighted by molar-refractivity contribution is 0.506. The molecule has 2 heteroatoms. The first kappa shape index (κ1) is 13.7. The van der Waals surface area contributed by atoms with Gasteiger partial charge in [-0.1, -0.05) is 19.1 Å². The molecule has 1 aromatic rings. The number of benzene rings is 1. The summed E-state index contributed by atoms with van der Waals surface area (Å²) in [5, 5.41) is 3.34. The van der Waals surface area contributed by atoms with Crippen molar-refractivity contribution in [1.29, 1.82) is 0 Å². The Morgan fingerprint density at radius 3 is 2.76 bits per heavy atom. The van der Waals surface area contributed by atoms with Crippen LogP contribution < -0.4 is 5.32 Å². The van der Waals surface area contributed by atoms with E-state index in [1.807, 2.05) is 26.0 Å². The van der Waals surface area contributed by atoms with Gasteiger partial charge in [-0.2, -0.15) is 0 Å². The average Bonchev–Trinajstić information content (AvgIpc) is 2.30. The number of rotatable bonds is 5. The molecule has 0 aromatic heterocycles. The highest BCUT2D eigenvalue weighted by Crippen LogP contribution is 2.20. The van der Waals surface area contributed by atoms with Crippen LogP contribution in [0.5, 0.6) is 0 Å². The molecule has 1 nitrogen and oxygen atoms in total. The largest absolute Gasteiger partial charge is 0.309 e. The van der Waals surface area contributed by atoms with E-state index in [9.17, 15) is 4.39 Å². The maximum Gasteiger partial charge on any atom is 0.128 e. The van der Waals surface area contributed by atoms with Crippen molar-refractivity contribution in [3.8, 4) is 11.8 Å². The van der Waals surface area contributed by atoms with Crippen molar-refractivity contribution < 1.29 is 4.39 Å². The van der Waals surface area contributed by atoms with Crippen molar-refractivity contribution >= 4 is 0 Å². The van der Waals surface area contributed by atoms with Gasteiger partial charge in [-0.25, -0.2) is 4.39 Å². The molecule has 0 bridgehead atoms. The highest BCUT2D eigenvalue weighted by Gasteiger charge is 2.13.